The van der Waals surface area contributed by atoms with E-state index in [-0.39, 0.29) is 5.91 Å². The second-order valence-electron chi connectivity index (χ2n) is 7.83. The van der Waals surface area contributed by atoms with Crippen molar-refractivity contribution >= 4 is 17.2 Å². The van der Waals surface area contributed by atoms with Crippen LogP contribution >= 0.6 is 11.3 Å². The number of nitrogens with zero attached hydrogens (tertiary/aromatic N) is 5. The molecule has 0 aliphatic carbocycles. The van der Waals surface area contributed by atoms with E-state index in [1.807, 2.05) is 51.5 Å². The molecule has 1 saturated heterocycles. The lowest BCUT2D eigenvalue weighted by atomic mass is 10.0. The van der Waals surface area contributed by atoms with Crippen LogP contribution in [-0.4, -0.2) is 62.7 Å². The van der Waals surface area contributed by atoms with Gasteiger partial charge in [-0.3, -0.25) is 4.79 Å². The number of para-hydroxylation sites is 1. The van der Waals surface area contributed by atoms with Crippen LogP contribution in [-0.2, 0) is 0 Å². The number of thiazole rings is 1. The van der Waals surface area contributed by atoms with Crippen molar-refractivity contribution in [1.29, 1.82) is 0 Å². The van der Waals surface area contributed by atoms with Crippen LogP contribution in [0.5, 0.6) is 0 Å². The molecule has 4 rings (SSSR count). The Morgan fingerprint density at radius 2 is 1.93 bits per heavy atom. The van der Waals surface area contributed by atoms with E-state index in [1.165, 1.54) is 11.3 Å². The molecular weight excluding hydrogens is 382 g/mol. The lowest BCUT2D eigenvalue weighted by molar-refractivity contribution is 0.0613. The first-order valence-electron chi connectivity index (χ1n) is 10.1. The molecule has 0 atom stereocenters. The van der Waals surface area contributed by atoms with Gasteiger partial charge in [0.25, 0.3) is 5.91 Å². The van der Waals surface area contributed by atoms with Crippen LogP contribution in [0, 0.1) is 0 Å². The molecule has 1 amide bonds. The minimum Gasteiger partial charge on any atom is -0.337 e. The number of likely N-dealkylation sites (tertiary alicyclic amines) is 1. The molecule has 7 heteroatoms. The van der Waals surface area contributed by atoms with Crippen molar-refractivity contribution in [2.75, 3.05) is 20.1 Å². The van der Waals surface area contributed by atoms with Crippen molar-refractivity contribution in [3.63, 3.8) is 0 Å². The summed E-state index contributed by atoms with van der Waals surface area (Å²) in [5.41, 5.74) is 2.46. The van der Waals surface area contributed by atoms with Crippen molar-refractivity contribution in [3.8, 4) is 16.3 Å². The SMILES string of the molecule is CC(C)N(C)C1CCN(C(=O)c2csc(-c3cnn(-c4ccccc4)c3)n2)CC1. The standard InChI is InChI=1S/C22H27N5OS/c1-16(2)25(3)18-9-11-26(12-10-18)22(28)20-15-29-21(24-20)17-13-23-27(14-17)19-7-5-4-6-8-19/h4-8,13-16,18H,9-12H2,1-3H3. The molecule has 152 valence electrons. The second kappa shape index (κ2) is 8.47. The van der Waals surface area contributed by atoms with Gasteiger partial charge in [-0.15, -0.1) is 11.3 Å². The number of piperidine rings is 1. The maximum Gasteiger partial charge on any atom is 0.273 e. The fourth-order valence-corrected chi connectivity index (χ4v) is 4.49. The smallest absolute Gasteiger partial charge is 0.273 e. The molecule has 1 fully saturated rings. The van der Waals surface area contributed by atoms with Crippen LogP contribution < -0.4 is 0 Å². The highest BCUT2D eigenvalue weighted by Gasteiger charge is 2.28. The highest BCUT2D eigenvalue weighted by Crippen LogP contribution is 2.26. The summed E-state index contributed by atoms with van der Waals surface area (Å²) in [5, 5.41) is 7.12. The van der Waals surface area contributed by atoms with E-state index in [9.17, 15) is 4.79 Å². The van der Waals surface area contributed by atoms with E-state index in [1.54, 1.807) is 6.20 Å². The number of rotatable bonds is 5. The Morgan fingerprint density at radius 3 is 2.62 bits per heavy atom. The highest BCUT2D eigenvalue weighted by molar-refractivity contribution is 7.13. The zero-order chi connectivity index (χ0) is 20.4. The number of hydrogen-bond donors (Lipinski definition) is 0. The largest absolute Gasteiger partial charge is 0.337 e. The zero-order valence-electron chi connectivity index (χ0n) is 17.2. The summed E-state index contributed by atoms with van der Waals surface area (Å²) < 4.78 is 1.83. The number of benzene rings is 1. The fourth-order valence-electron chi connectivity index (χ4n) is 3.72. The number of carbonyl (C=O) groups excluding carboxylic acids is 1. The van der Waals surface area contributed by atoms with Crippen molar-refractivity contribution in [2.45, 2.75) is 38.8 Å². The van der Waals surface area contributed by atoms with Gasteiger partial charge in [-0.1, -0.05) is 18.2 Å². The fraction of sp³-hybridized carbons (Fsp3) is 0.409. The van der Waals surface area contributed by atoms with Crippen molar-refractivity contribution < 1.29 is 4.79 Å². The van der Waals surface area contributed by atoms with Gasteiger partial charge in [0.2, 0.25) is 0 Å². The van der Waals surface area contributed by atoms with Gasteiger partial charge in [0.05, 0.1) is 11.9 Å². The van der Waals surface area contributed by atoms with E-state index in [2.05, 4.69) is 35.9 Å². The summed E-state index contributed by atoms with van der Waals surface area (Å²) in [6, 6.07) is 11.0. The van der Waals surface area contributed by atoms with E-state index in [0.717, 1.165) is 42.2 Å². The molecular formula is C22H27N5OS. The summed E-state index contributed by atoms with van der Waals surface area (Å²) >= 11 is 1.49. The molecule has 0 saturated carbocycles. The Bertz CT molecular complexity index is 957. The number of hydrogen-bond acceptors (Lipinski definition) is 5. The molecule has 1 aromatic carbocycles. The predicted molar refractivity (Wildman–Crippen MR) is 116 cm³/mol. The van der Waals surface area contributed by atoms with Gasteiger partial charge in [-0.25, -0.2) is 9.67 Å². The van der Waals surface area contributed by atoms with Crippen LogP contribution in [0.25, 0.3) is 16.3 Å². The summed E-state index contributed by atoms with van der Waals surface area (Å²) in [4.78, 5) is 21.9. The molecule has 1 aliphatic heterocycles. The molecule has 0 unspecified atom stereocenters. The van der Waals surface area contributed by atoms with Gasteiger partial charge in [-0.05, 0) is 45.9 Å². The highest BCUT2D eigenvalue weighted by atomic mass is 32.1. The number of carbonyl (C=O) groups is 1. The van der Waals surface area contributed by atoms with Gasteiger partial charge in [0.15, 0.2) is 0 Å². The molecule has 0 bridgehead atoms. The third-order valence-electron chi connectivity index (χ3n) is 5.72. The molecule has 0 spiro atoms. The van der Waals surface area contributed by atoms with Crippen LogP contribution in [0.4, 0.5) is 0 Å². The minimum absolute atomic E-state index is 0.0357. The maximum absolute atomic E-state index is 12.9. The quantitative estimate of drug-likeness (QED) is 0.640. The second-order valence-corrected chi connectivity index (χ2v) is 8.69. The predicted octanol–water partition coefficient (Wildman–Crippen LogP) is 3.94. The molecule has 6 nitrogen and oxygen atoms in total. The monoisotopic (exact) mass is 409 g/mol. The van der Waals surface area contributed by atoms with Gasteiger partial charge in [-0.2, -0.15) is 5.10 Å². The Kier molecular flexibility index (Phi) is 5.78. The van der Waals surface area contributed by atoms with Gasteiger partial charge < -0.3 is 9.80 Å². The zero-order valence-corrected chi connectivity index (χ0v) is 18.0. The molecule has 29 heavy (non-hydrogen) atoms. The number of aromatic nitrogens is 3. The Hall–Kier alpha value is -2.51. The van der Waals surface area contributed by atoms with E-state index < -0.39 is 0 Å². The topological polar surface area (TPSA) is 54.3 Å². The van der Waals surface area contributed by atoms with E-state index in [0.29, 0.717) is 17.8 Å². The Labute approximate surface area is 175 Å². The van der Waals surface area contributed by atoms with Gasteiger partial charge in [0.1, 0.15) is 10.7 Å². The van der Waals surface area contributed by atoms with E-state index >= 15 is 0 Å². The third-order valence-corrected chi connectivity index (χ3v) is 6.61. The van der Waals surface area contributed by atoms with Crippen LogP contribution in [0.2, 0.25) is 0 Å². The lowest BCUT2D eigenvalue weighted by Gasteiger charge is -2.38. The summed E-state index contributed by atoms with van der Waals surface area (Å²) in [7, 11) is 2.18. The molecule has 2 aromatic heterocycles. The normalized spacial score (nSPS) is 15.4. The Morgan fingerprint density at radius 1 is 1.21 bits per heavy atom. The first kappa shape index (κ1) is 19.8. The van der Waals surface area contributed by atoms with Crippen LogP contribution in [0.3, 0.4) is 0 Å². The van der Waals surface area contributed by atoms with Crippen molar-refractivity contribution in [3.05, 3.63) is 53.8 Å². The molecule has 0 radical (unpaired) electrons. The van der Waals surface area contributed by atoms with Gasteiger partial charge in [0, 0.05) is 42.3 Å². The van der Waals surface area contributed by atoms with Crippen LogP contribution in [0.15, 0.2) is 48.1 Å². The molecule has 3 heterocycles. The molecule has 3 aromatic rings. The molecule has 0 N–H and O–H groups in total. The number of amides is 1. The van der Waals surface area contributed by atoms with Gasteiger partial charge >= 0.3 is 0 Å². The summed E-state index contributed by atoms with van der Waals surface area (Å²) in [6.07, 6.45) is 5.78. The molecule has 1 aliphatic rings. The third kappa shape index (κ3) is 4.26. The maximum atomic E-state index is 12.9. The summed E-state index contributed by atoms with van der Waals surface area (Å²) in [5.74, 6) is 0.0357. The van der Waals surface area contributed by atoms with Crippen molar-refractivity contribution in [1.82, 2.24) is 24.6 Å². The minimum atomic E-state index is 0.0357. The summed E-state index contributed by atoms with van der Waals surface area (Å²) in [6.45, 7) is 6.02. The average molecular weight is 410 g/mol. The van der Waals surface area contributed by atoms with Crippen molar-refractivity contribution in [2.24, 2.45) is 0 Å². The first-order valence-corrected chi connectivity index (χ1v) is 11.0. The lowest BCUT2D eigenvalue weighted by Crippen LogP contribution is -2.47. The Balaban J connectivity index is 1.42. The van der Waals surface area contributed by atoms with E-state index in [4.69, 9.17) is 0 Å². The van der Waals surface area contributed by atoms with Crippen LogP contribution in [0.1, 0.15) is 37.2 Å². The first-order chi connectivity index (χ1) is 14.0. The average Bonchev–Trinajstić information content (AvgIpc) is 3.43.